The van der Waals surface area contributed by atoms with Crippen LogP contribution in [0.5, 0.6) is 5.75 Å². The number of carbonyl (C=O) groups is 2. The van der Waals surface area contributed by atoms with Crippen LogP contribution in [0.2, 0.25) is 0 Å². The molecule has 0 atom stereocenters. The van der Waals surface area contributed by atoms with Gasteiger partial charge < -0.3 is 13.9 Å². The molecule has 2 heterocycles. The molecule has 0 aliphatic rings. The van der Waals surface area contributed by atoms with Crippen molar-refractivity contribution in [3.05, 3.63) is 66.1 Å². The second-order valence-corrected chi connectivity index (χ2v) is 4.71. The Morgan fingerprint density at radius 1 is 1.09 bits per heavy atom. The number of pyridine rings is 1. The monoisotopic (exact) mass is 310 g/mol. The number of imidazole rings is 1. The first-order chi connectivity index (χ1) is 11.2. The first kappa shape index (κ1) is 14.8. The number of ether oxygens (including phenoxy) is 2. The summed E-state index contributed by atoms with van der Waals surface area (Å²) in [5, 5.41) is 0. The Bertz CT molecular complexity index is 855. The average Bonchev–Trinajstić information content (AvgIpc) is 3.01. The third-order valence-electron chi connectivity index (χ3n) is 3.14. The molecular weight excluding hydrogens is 296 g/mol. The van der Waals surface area contributed by atoms with Gasteiger partial charge in [-0.1, -0.05) is 18.2 Å². The highest BCUT2D eigenvalue weighted by atomic mass is 16.5. The molecule has 6 heteroatoms. The summed E-state index contributed by atoms with van der Waals surface area (Å²) in [7, 11) is 0. The second-order valence-electron chi connectivity index (χ2n) is 4.71. The van der Waals surface area contributed by atoms with Gasteiger partial charge in [-0.15, -0.1) is 0 Å². The van der Waals surface area contributed by atoms with E-state index in [9.17, 15) is 9.59 Å². The number of hydrogen-bond donors (Lipinski definition) is 0. The van der Waals surface area contributed by atoms with Gasteiger partial charge in [0.25, 0.3) is 0 Å². The van der Waals surface area contributed by atoms with Crippen LogP contribution in [0.15, 0.2) is 54.9 Å². The minimum absolute atomic E-state index is 0.162. The molecule has 1 aromatic carbocycles. The zero-order valence-electron chi connectivity index (χ0n) is 12.4. The lowest BCUT2D eigenvalue weighted by Gasteiger charge is -2.05. The van der Waals surface area contributed by atoms with Gasteiger partial charge in [0, 0.05) is 12.4 Å². The van der Waals surface area contributed by atoms with Crippen LogP contribution in [-0.2, 0) is 4.74 Å². The average molecular weight is 310 g/mol. The Kier molecular flexibility index (Phi) is 4.05. The van der Waals surface area contributed by atoms with Crippen molar-refractivity contribution in [2.45, 2.75) is 6.92 Å². The minimum atomic E-state index is -0.517. The lowest BCUT2D eigenvalue weighted by Crippen LogP contribution is -2.09. The summed E-state index contributed by atoms with van der Waals surface area (Å²) in [5.41, 5.74) is 0.974. The van der Waals surface area contributed by atoms with Crippen molar-refractivity contribution < 1.29 is 19.1 Å². The van der Waals surface area contributed by atoms with Crippen LogP contribution in [0.4, 0.5) is 0 Å². The van der Waals surface area contributed by atoms with E-state index in [0.29, 0.717) is 11.2 Å². The number of benzene rings is 1. The summed E-state index contributed by atoms with van der Waals surface area (Å²) in [6, 6.07) is 12.0. The molecule has 0 fully saturated rings. The smallest absolute Gasteiger partial charge is 0.358 e. The fraction of sp³-hybridized carbons (Fsp3) is 0.118. The van der Waals surface area contributed by atoms with Crippen molar-refractivity contribution >= 4 is 17.6 Å². The third-order valence-corrected chi connectivity index (χ3v) is 3.14. The van der Waals surface area contributed by atoms with Gasteiger partial charge in [-0.25, -0.2) is 14.6 Å². The van der Waals surface area contributed by atoms with Gasteiger partial charge in [0.1, 0.15) is 0 Å². The molecule has 2 aromatic heterocycles. The van der Waals surface area contributed by atoms with Gasteiger partial charge >= 0.3 is 11.9 Å². The molecule has 116 valence electrons. The highest BCUT2D eigenvalue weighted by molar-refractivity contribution is 5.92. The van der Waals surface area contributed by atoms with Crippen molar-refractivity contribution in [3.8, 4) is 5.75 Å². The first-order valence-corrected chi connectivity index (χ1v) is 7.11. The van der Waals surface area contributed by atoms with Crippen molar-refractivity contribution in [1.29, 1.82) is 0 Å². The van der Waals surface area contributed by atoms with Gasteiger partial charge in [-0.3, -0.25) is 0 Å². The summed E-state index contributed by atoms with van der Waals surface area (Å²) >= 11 is 0. The number of nitrogens with zero attached hydrogens (tertiary/aromatic N) is 2. The largest absolute Gasteiger partial charge is 0.461 e. The Balaban J connectivity index is 1.92. The maximum Gasteiger partial charge on any atom is 0.358 e. The highest BCUT2D eigenvalue weighted by Crippen LogP contribution is 2.20. The standard InChI is InChI=1S/C17H14N2O4/c1-2-22-17(21)13-11-19-10-6-9-14(15(19)18-13)23-16(20)12-7-4-3-5-8-12/h3-11H,2H2,1H3. The summed E-state index contributed by atoms with van der Waals surface area (Å²) in [6.45, 7) is 1.99. The number of rotatable bonds is 4. The molecule has 3 aromatic rings. The van der Waals surface area contributed by atoms with Crippen molar-refractivity contribution in [2.75, 3.05) is 6.61 Å². The molecule has 0 radical (unpaired) electrons. The van der Waals surface area contributed by atoms with E-state index in [0.717, 1.165) is 0 Å². The molecule has 0 unspecified atom stereocenters. The summed E-state index contributed by atoms with van der Waals surface area (Å²) in [6.07, 6.45) is 3.25. The van der Waals surface area contributed by atoms with Crippen molar-refractivity contribution in [2.24, 2.45) is 0 Å². The van der Waals surface area contributed by atoms with Gasteiger partial charge in [-0.2, -0.15) is 0 Å². The van der Waals surface area contributed by atoms with Gasteiger partial charge in [-0.05, 0) is 31.2 Å². The second kappa shape index (κ2) is 6.31. The lowest BCUT2D eigenvalue weighted by molar-refractivity contribution is 0.0520. The lowest BCUT2D eigenvalue weighted by atomic mass is 10.2. The Hall–Kier alpha value is -3.15. The van der Waals surface area contributed by atoms with E-state index in [1.165, 1.54) is 6.20 Å². The maximum atomic E-state index is 12.2. The SMILES string of the molecule is CCOC(=O)c1cn2cccc(OC(=O)c3ccccc3)c2n1. The van der Waals surface area contributed by atoms with Crippen LogP contribution in [0.25, 0.3) is 5.65 Å². The zero-order chi connectivity index (χ0) is 16.2. The molecule has 0 amide bonds. The summed E-state index contributed by atoms with van der Waals surface area (Å²) < 4.78 is 11.9. The molecule has 3 rings (SSSR count). The van der Waals surface area contributed by atoms with Crippen molar-refractivity contribution in [3.63, 3.8) is 0 Å². The van der Waals surface area contributed by atoms with E-state index in [1.54, 1.807) is 53.9 Å². The minimum Gasteiger partial charge on any atom is -0.461 e. The normalized spacial score (nSPS) is 10.5. The molecular formula is C17H14N2O4. The van der Waals surface area contributed by atoms with Crippen LogP contribution < -0.4 is 4.74 Å². The van der Waals surface area contributed by atoms with Crippen LogP contribution in [0.3, 0.4) is 0 Å². The van der Waals surface area contributed by atoms with Gasteiger partial charge in [0.15, 0.2) is 17.1 Å². The molecule has 0 aliphatic heterocycles. The molecule has 0 spiro atoms. The predicted molar refractivity (Wildman–Crippen MR) is 82.5 cm³/mol. The highest BCUT2D eigenvalue weighted by Gasteiger charge is 2.16. The van der Waals surface area contributed by atoms with E-state index >= 15 is 0 Å². The maximum absolute atomic E-state index is 12.2. The quantitative estimate of drug-likeness (QED) is 0.693. The number of carbonyl (C=O) groups excluding carboxylic acids is 2. The summed E-state index contributed by atoms with van der Waals surface area (Å²) in [5.74, 6) is -0.729. The first-order valence-electron chi connectivity index (χ1n) is 7.11. The van der Waals surface area contributed by atoms with Crippen molar-refractivity contribution in [1.82, 2.24) is 9.38 Å². The molecule has 6 nitrogen and oxygen atoms in total. The van der Waals surface area contributed by atoms with E-state index in [2.05, 4.69) is 4.98 Å². The fourth-order valence-electron chi connectivity index (χ4n) is 2.10. The predicted octanol–water partition coefficient (Wildman–Crippen LogP) is 2.73. The zero-order valence-corrected chi connectivity index (χ0v) is 12.4. The Morgan fingerprint density at radius 3 is 2.61 bits per heavy atom. The number of hydrogen-bond acceptors (Lipinski definition) is 5. The van der Waals surface area contributed by atoms with E-state index in [-0.39, 0.29) is 18.1 Å². The van der Waals surface area contributed by atoms with Gasteiger partial charge in [0.05, 0.1) is 12.2 Å². The molecule has 0 N–H and O–H groups in total. The van der Waals surface area contributed by atoms with Crippen LogP contribution in [-0.4, -0.2) is 27.9 Å². The molecule has 0 aliphatic carbocycles. The number of esters is 2. The molecule has 0 saturated carbocycles. The van der Waals surface area contributed by atoms with Crippen LogP contribution in [0.1, 0.15) is 27.8 Å². The van der Waals surface area contributed by atoms with Crippen LogP contribution in [0, 0.1) is 0 Å². The van der Waals surface area contributed by atoms with E-state index < -0.39 is 11.9 Å². The third kappa shape index (κ3) is 3.06. The van der Waals surface area contributed by atoms with E-state index in [1.807, 2.05) is 6.07 Å². The van der Waals surface area contributed by atoms with Crippen LogP contribution >= 0.6 is 0 Å². The molecule has 23 heavy (non-hydrogen) atoms. The van der Waals surface area contributed by atoms with Gasteiger partial charge in [0.2, 0.25) is 0 Å². The fourth-order valence-corrected chi connectivity index (χ4v) is 2.10. The molecule has 0 bridgehead atoms. The summed E-state index contributed by atoms with van der Waals surface area (Å²) in [4.78, 5) is 28.1. The number of fused-ring (bicyclic) bond motifs is 1. The van der Waals surface area contributed by atoms with E-state index in [4.69, 9.17) is 9.47 Å². The molecule has 0 saturated heterocycles. The number of aromatic nitrogens is 2. The Morgan fingerprint density at radius 2 is 1.87 bits per heavy atom. The topological polar surface area (TPSA) is 69.9 Å². The Labute approximate surface area is 132 Å².